The molecule has 0 radical (unpaired) electrons. The molecule has 2 N–H and O–H groups in total. The topological polar surface area (TPSA) is 144 Å². The van der Waals surface area contributed by atoms with Crippen molar-refractivity contribution in [3.05, 3.63) is 112 Å². The number of hydrogen-bond donors (Lipinski definition) is 2. The Hall–Kier alpha value is -5.11. The zero-order valence-electron chi connectivity index (χ0n) is 22.8. The fourth-order valence-electron chi connectivity index (χ4n) is 6.80. The van der Waals surface area contributed by atoms with Gasteiger partial charge < -0.3 is 29.2 Å². The molecule has 4 atom stereocenters. The molecule has 10 nitrogen and oxygen atoms in total. The SMILES string of the molecule is N#Cc1ccc(Oc2ccc([C@@]34C[C@@H]5C[C@@](c6ccc(Oc7ccc([N+](=O)[O-])c(O)c7)cc6)(C3)O[C@@H](C4)O5)cc2)cc1O. The molecular weight excluding hydrogens is 552 g/mol. The highest BCUT2D eigenvalue weighted by Gasteiger charge is 2.60. The van der Waals surface area contributed by atoms with Crippen molar-refractivity contribution in [3.8, 4) is 40.6 Å². The first kappa shape index (κ1) is 26.8. The predicted octanol–water partition coefficient (Wildman–Crippen LogP) is 6.92. The van der Waals surface area contributed by atoms with Crippen LogP contribution in [0.25, 0.3) is 0 Å². The molecule has 3 aliphatic heterocycles. The Morgan fingerprint density at radius 3 is 2.00 bits per heavy atom. The van der Waals surface area contributed by atoms with Gasteiger partial charge in [0.05, 0.1) is 22.2 Å². The minimum Gasteiger partial charge on any atom is -0.506 e. The lowest BCUT2D eigenvalue weighted by molar-refractivity contribution is -0.385. The van der Waals surface area contributed by atoms with E-state index in [-0.39, 0.29) is 40.6 Å². The van der Waals surface area contributed by atoms with Gasteiger partial charge in [0.2, 0.25) is 0 Å². The van der Waals surface area contributed by atoms with Gasteiger partial charge in [-0.25, -0.2) is 0 Å². The third kappa shape index (κ3) is 4.78. The highest BCUT2D eigenvalue weighted by molar-refractivity contribution is 5.51. The third-order valence-electron chi connectivity index (χ3n) is 8.61. The van der Waals surface area contributed by atoms with Crippen LogP contribution in [0.5, 0.6) is 34.5 Å². The highest BCUT2D eigenvalue weighted by atomic mass is 16.7. The van der Waals surface area contributed by atoms with Gasteiger partial charge in [-0.15, -0.1) is 0 Å². The Kier molecular flexibility index (Phi) is 6.23. The van der Waals surface area contributed by atoms with Gasteiger partial charge in [-0.05, 0) is 66.4 Å². The zero-order valence-corrected chi connectivity index (χ0v) is 22.8. The predicted molar refractivity (Wildman–Crippen MR) is 152 cm³/mol. The average Bonchev–Trinajstić information content (AvgIpc) is 2.97. The quantitative estimate of drug-likeness (QED) is 0.176. The van der Waals surface area contributed by atoms with E-state index in [1.807, 2.05) is 42.5 Å². The average molecular weight is 579 g/mol. The fourth-order valence-corrected chi connectivity index (χ4v) is 6.80. The molecule has 0 spiro atoms. The first-order valence-corrected chi connectivity index (χ1v) is 13.8. The first-order chi connectivity index (χ1) is 20.7. The molecule has 0 aromatic heterocycles. The lowest BCUT2D eigenvalue weighted by Crippen LogP contribution is -2.62. The Bertz CT molecular complexity index is 1750. The molecule has 0 amide bonds. The molecule has 1 aliphatic carbocycles. The van der Waals surface area contributed by atoms with Gasteiger partial charge in [-0.1, -0.05) is 24.3 Å². The van der Waals surface area contributed by atoms with Gasteiger partial charge in [-0.3, -0.25) is 10.1 Å². The van der Waals surface area contributed by atoms with Crippen LogP contribution in [0.2, 0.25) is 0 Å². The molecule has 4 aliphatic rings. The minimum atomic E-state index is -0.651. The summed E-state index contributed by atoms with van der Waals surface area (Å²) < 4.78 is 24.5. The summed E-state index contributed by atoms with van der Waals surface area (Å²) in [5.74, 6) is 1.30. The molecule has 3 heterocycles. The number of phenolic OH excluding ortho intramolecular Hbond substituents is 2. The normalized spacial score (nSPS) is 25.2. The molecule has 216 valence electrons. The second kappa shape index (κ2) is 10.0. The van der Waals surface area contributed by atoms with Crippen molar-refractivity contribution in [1.29, 1.82) is 5.26 Å². The van der Waals surface area contributed by atoms with Gasteiger partial charge >= 0.3 is 5.69 Å². The van der Waals surface area contributed by atoms with E-state index < -0.39 is 16.3 Å². The monoisotopic (exact) mass is 578 g/mol. The number of nitriles is 1. The van der Waals surface area contributed by atoms with E-state index in [9.17, 15) is 20.3 Å². The van der Waals surface area contributed by atoms with Crippen molar-refractivity contribution in [2.45, 2.75) is 49.1 Å². The van der Waals surface area contributed by atoms with Crippen LogP contribution in [0.15, 0.2) is 84.9 Å². The van der Waals surface area contributed by atoms with E-state index in [1.54, 1.807) is 6.07 Å². The van der Waals surface area contributed by atoms with Gasteiger partial charge in [0, 0.05) is 36.5 Å². The summed E-state index contributed by atoms with van der Waals surface area (Å²) in [6.07, 6.45) is 2.90. The Morgan fingerprint density at radius 2 is 1.42 bits per heavy atom. The summed E-state index contributed by atoms with van der Waals surface area (Å²) in [6, 6.07) is 26.0. The maximum atomic E-state index is 11.0. The van der Waals surface area contributed by atoms with Gasteiger partial charge in [0.25, 0.3) is 0 Å². The number of phenols is 2. The molecule has 4 bridgehead atoms. The van der Waals surface area contributed by atoms with Gasteiger partial charge in [0.15, 0.2) is 12.0 Å². The molecule has 10 heteroatoms. The lowest BCUT2D eigenvalue weighted by atomic mass is 9.57. The van der Waals surface area contributed by atoms with Crippen LogP contribution in [0.3, 0.4) is 0 Å². The van der Waals surface area contributed by atoms with Crippen molar-refractivity contribution in [2.24, 2.45) is 0 Å². The van der Waals surface area contributed by atoms with E-state index in [1.165, 1.54) is 35.9 Å². The van der Waals surface area contributed by atoms with Crippen molar-refractivity contribution < 1.29 is 34.1 Å². The Morgan fingerprint density at radius 1 is 0.814 bits per heavy atom. The molecular formula is C33H26N2O8. The number of nitro benzene ring substituents is 1. The second-order valence-electron chi connectivity index (χ2n) is 11.3. The number of aromatic hydroxyl groups is 2. The fraction of sp³-hybridized carbons (Fsp3) is 0.242. The van der Waals surface area contributed by atoms with E-state index in [4.69, 9.17) is 24.2 Å². The number of hydrogen-bond acceptors (Lipinski definition) is 9. The number of nitro groups is 1. The van der Waals surface area contributed by atoms with Crippen molar-refractivity contribution in [2.75, 3.05) is 0 Å². The standard InChI is InChI=1S/C33H26N2O8/c34-18-20-1-6-25(13-29(20)36)40-23-7-2-21(3-8-23)32-15-27-16-33(19-32,43-31(17-32)42-27)22-4-9-24(10-5-22)41-26-11-12-28(35(38)39)30(37)14-26/h1-14,27,31,36-37H,15-17,19H2/t27-,31+,32-,33+/m1/s1. The summed E-state index contributed by atoms with van der Waals surface area (Å²) in [5, 5.41) is 39.9. The lowest BCUT2D eigenvalue weighted by Gasteiger charge is -2.61. The maximum Gasteiger partial charge on any atom is 0.310 e. The number of benzene rings is 4. The molecule has 4 aromatic rings. The summed E-state index contributed by atoms with van der Waals surface area (Å²) >= 11 is 0. The van der Waals surface area contributed by atoms with Crippen LogP contribution in [0.4, 0.5) is 5.69 Å². The number of rotatable bonds is 7. The maximum absolute atomic E-state index is 11.0. The molecule has 1 saturated carbocycles. The highest BCUT2D eigenvalue weighted by Crippen LogP contribution is 2.61. The molecule has 4 aromatic carbocycles. The van der Waals surface area contributed by atoms with Crippen LogP contribution in [-0.4, -0.2) is 27.5 Å². The summed E-state index contributed by atoms with van der Waals surface area (Å²) in [6.45, 7) is 0. The Balaban J connectivity index is 1.10. The van der Waals surface area contributed by atoms with Crippen molar-refractivity contribution in [1.82, 2.24) is 0 Å². The molecule has 43 heavy (non-hydrogen) atoms. The van der Waals surface area contributed by atoms with Crippen molar-refractivity contribution in [3.63, 3.8) is 0 Å². The molecule has 0 unspecified atom stereocenters. The molecule has 8 rings (SSSR count). The van der Waals surface area contributed by atoms with Crippen LogP contribution >= 0.6 is 0 Å². The van der Waals surface area contributed by atoms with Crippen LogP contribution in [-0.2, 0) is 20.5 Å². The largest absolute Gasteiger partial charge is 0.506 e. The molecule has 3 saturated heterocycles. The van der Waals surface area contributed by atoms with E-state index in [0.29, 0.717) is 17.2 Å². The first-order valence-electron chi connectivity index (χ1n) is 13.8. The van der Waals surface area contributed by atoms with Crippen LogP contribution in [0.1, 0.15) is 42.4 Å². The summed E-state index contributed by atoms with van der Waals surface area (Å²) in [7, 11) is 0. The minimum absolute atomic E-state index is 0.0535. The van der Waals surface area contributed by atoms with Crippen molar-refractivity contribution >= 4 is 5.69 Å². The second-order valence-corrected chi connectivity index (χ2v) is 11.3. The molecule has 4 fully saturated rings. The van der Waals surface area contributed by atoms with Gasteiger partial charge in [0.1, 0.15) is 34.8 Å². The third-order valence-corrected chi connectivity index (χ3v) is 8.61. The summed E-state index contributed by atoms with van der Waals surface area (Å²) in [5.41, 5.74) is 1.35. The van der Waals surface area contributed by atoms with E-state index >= 15 is 0 Å². The number of ether oxygens (including phenoxy) is 4. The zero-order chi connectivity index (χ0) is 29.8. The number of nitrogens with zero attached hydrogens (tertiary/aromatic N) is 2. The van der Waals surface area contributed by atoms with Crippen LogP contribution in [0, 0.1) is 21.4 Å². The smallest absolute Gasteiger partial charge is 0.310 e. The van der Waals surface area contributed by atoms with Gasteiger partial charge in [-0.2, -0.15) is 5.26 Å². The van der Waals surface area contributed by atoms with E-state index in [2.05, 4.69) is 12.1 Å². The van der Waals surface area contributed by atoms with E-state index in [0.717, 1.165) is 31.2 Å². The van der Waals surface area contributed by atoms with Crippen LogP contribution < -0.4 is 9.47 Å². The summed E-state index contributed by atoms with van der Waals surface area (Å²) in [4.78, 5) is 10.3. The Labute approximate surface area is 246 Å².